The van der Waals surface area contributed by atoms with Crippen LogP contribution in [0.1, 0.15) is 12.5 Å². The van der Waals surface area contributed by atoms with E-state index < -0.39 is 11.9 Å². The molecule has 0 aliphatic carbocycles. The fraction of sp³-hybridized carbons (Fsp3) is 0.250. The number of thiazole rings is 1. The molecule has 4 aromatic rings. The van der Waals surface area contributed by atoms with Crippen LogP contribution in [0.5, 0.6) is 11.6 Å². The van der Waals surface area contributed by atoms with E-state index >= 15 is 0 Å². The summed E-state index contributed by atoms with van der Waals surface area (Å²) >= 11 is 7.57. The van der Waals surface area contributed by atoms with Gasteiger partial charge in [-0.15, -0.1) is 11.3 Å². The van der Waals surface area contributed by atoms with E-state index in [-0.39, 0.29) is 17.4 Å². The number of fused-ring (bicyclic) bond motifs is 2. The summed E-state index contributed by atoms with van der Waals surface area (Å²) in [6, 6.07) is 5.42. The quantitative estimate of drug-likeness (QED) is 0.488. The lowest BCUT2D eigenvalue weighted by Gasteiger charge is -2.09. The molecule has 2 heterocycles. The molecular weight excluding hydrogens is 417 g/mol. The van der Waals surface area contributed by atoms with Gasteiger partial charge in [0.15, 0.2) is 11.6 Å². The Hall–Kier alpha value is -2.55. The minimum absolute atomic E-state index is 0.0165. The highest BCUT2D eigenvalue weighted by Gasteiger charge is 2.20. The van der Waals surface area contributed by atoms with Gasteiger partial charge in [-0.2, -0.15) is 0 Å². The second-order valence-electron chi connectivity index (χ2n) is 6.62. The molecule has 29 heavy (non-hydrogen) atoms. The smallest absolute Gasteiger partial charge is 0.232 e. The molecule has 4 rings (SSSR count). The minimum Gasteiger partial charge on any atom is -0.488 e. The number of halogens is 2. The topological polar surface area (TPSA) is 77.4 Å². The maximum atomic E-state index is 14.6. The van der Waals surface area contributed by atoms with Crippen LogP contribution in [0.2, 0.25) is 5.02 Å². The first-order valence-electron chi connectivity index (χ1n) is 8.78. The van der Waals surface area contributed by atoms with Crippen LogP contribution >= 0.6 is 22.9 Å². The normalized spacial score (nSPS) is 12.5. The third-order valence-corrected chi connectivity index (χ3v) is 5.60. The molecule has 2 aromatic heterocycles. The van der Waals surface area contributed by atoms with Gasteiger partial charge in [-0.25, -0.2) is 19.3 Å². The van der Waals surface area contributed by atoms with Gasteiger partial charge >= 0.3 is 0 Å². The molecule has 0 spiro atoms. The Morgan fingerprint density at radius 3 is 2.76 bits per heavy atom. The molecule has 9 heteroatoms. The molecule has 0 aliphatic heterocycles. The van der Waals surface area contributed by atoms with E-state index in [2.05, 4.69) is 15.0 Å². The van der Waals surface area contributed by atoms with Crippen molar-refractivity contribution in [3.63, 3.8) is 0 Å². The predicted molar refractivity (Wildman–Crippen MR) is 112 cm³/mol. The number of aryl methyl sites for hydroxylation is 1. The summed E-state index contributed by atoms with van der Waals surface area (Å²) in [5, 5.41) is 9.92. The minimum atomic E-state index is -0.727. The third-order valence-electron chi connectivity index (χ3n) is 4.22. The molecule has 0 radical (unpaired) electrons. The van der Waals surface area contributed by atoms with E-state index in [1.54, 1.807) is 19.2 Å². The number of rotatable bonds is 5. The number of aliphatic hydroxyl groups excluding tert-OH is 1. The van der Waals surface area contributed by atoms with E-state index in [0.29, 0.717) is 32.1 Å². The van der Waals surface area contributed by atoms with Gasteiger partial charge in [0.2, 0.25) is 5.88 Å². The van der Waals surface area contributed by atoms with Crippen molar-refractivity contribution in [2.24, 2.45) is 0 Å². The van der Waals surface area contributed by atoms with Crippen molar-refractivity contribution in [2.75, 3.05) is 13.7 Å². The van der Waals surface area contributed by atoms with E-state index in [1.165, 1.54) is 18.4 Å². The van der Waals surface area contributed by atoms with Crippen molar-refractivity contribution in [3.05, 3.63) is 40.8 Å². The van der Waals surface area contributed by atoms with Crippen molar-refractivity contribution in [2.45, 2.75) is 20.0 Å². The molecular formula is C20H17ClFN3O3S. The molecule has 1 N–H and O–H groups in total. The Morgan fingerprint density at radius 1 is 1.24 bits per heavy atom. The number of methoxy groups -OCH3 is 1. The summed E-state index contributed by atoms with van der Waals surface area (Å²) in [5.41, 5.74) is 3.45. The maximum absolute atomic E-state index is 14.6. The number of aromatic nitrogens is 3. The molecule has 0 fully saturated rings. The van der Waals surface area contributed by atoms with Crippen molar-refractivity contribution in [1.29, 1.82) is 0 Å². The van der Waals surface area contributed by atoms with Gasteiger partial charge in [-0.3, -0.25) is 0 Å². The van der Waals surface area contributed by atoms with Crippen molar-refractivity contribution >= 4 is 44.2 Å². The Morgan fingerprint density at radius 2 is 2.03 bits per heavy atom. The van der Waals surface area contributed by atoms with Crippen LogP contribution in [0.3, 0.4) is 0 Å². The first-order valence-corrected chi connectivity index (χ1v) is 9.98. The van der Waals surface area contributed by atoms with Crippen LogP contribution in [0, 0.1) is 12.7 Å². The second-order valence-corrected chi connectivity index (χ2v) is 8.03. The van der Waals surface area contributed by atoms with Gasteiger partial charge in [0, 0.05) is 11.6 Å². The van der Waals surface area contributed by atoms with Crippen molar-refractivity contribution < 1.29 is 19.0 Å². The Bertz CT molecular complexity index is 1230. The Labute approximate surface area is 174 Å². The summed E-state index contributed by atoms with van der Waals surface area (Å²) in [5.74, 6) is -0.295. The van der Waals surface area contributed by atoms with Gasteiger partial charge in [0.25, 0.3) is 0 Å². The highest BCUT2D eigenvalue weighted by atomic mass is 35.5. The first-order chi connectivity index (χ1) is 13.9. The van der Waals surface area contributed by atoms with E-state index in [4.69, 9.17) is 21.1 Å². The molecule has 0 amide bonds. The number of hydrogen-bond donors (Lipinski definition) is 1. The van der Waals surface area contributed by atoms with Crippen LogP contribution in [0.25, 0.3) is 31.8 Å². The number of nitrogens with zero attached hydrogens (tertiary/aromatic N) is 3. The lowest BCUT2D eigenvalue weighted by atomic mass is 10.1. The SMILES string of the molecule is COc1cnc2c(-c3nc4c(Cl)c(F)c(OCC(C)O)cc4s3)cc(C)cc2n1. The van der Waals surface area contributed by atoms with Gasteiger partial charge in [0.1, 0.15) is 22.2 Å². The summed E-state index contributed by atoms with van der Waals surface area (Å²) in [7, 11) is 1.54. The highest BCUT2D eigenvalue weighted by Crippen LogP contribution is 2.40. The number of benzene rings is 2. The molecule has 6 nitrogen and oxygen atoms in total. The molecule has 2 aromatic carbocycles. The summed E-state index contributed by atoms with van der Waals surface area (Å²) in [6.07, 6.45) is 0.818. The van der Waals surface area contributed by atoms with E-state index in [1.807, 2.05) is 19.1 Å². The van der Waals surface area contributed by atoms with Crippen molar-refractivity contribution in [3.8, 4) is 22.2 Å². The largest absolute Gasteiger partial charge is 0.488 e. The molecule has 0 aliphatic rings. The average Bonchev–Trinajstić information content (AvgIpc) is 3.12. The highest BCUT2D eigenvalue weighted by molar-refractivity contribution is 7.21. The zero-order chi connectivity index (χ0) is 20.7. The molecule has 0 saturated heterocycles. The van der Waals surface area contributed by atoms with Crippen LogP contribution in [-0.2, 0) is 0 Å². The molecule has 1 atom stereocenters. The molecule has 1 unspecified atom stereocenters. The van der Waals surface area contributed by atoms with Gasteiger partial charge < -0.3 is 14.6 Å². The summed E-state index contributed by atoms with van der Waals surface area (Å²) in [4.78, 5) is 13.5. The lowest BCUT2D eigenvalue weighted by Crippen LogP contribution is -2.13. The van der Waals surface area contributed by atoms with Crippen molar-refractivity contribution in [1.82, 2.24) is 15.0 Å². The van der Waals surface area contributed by atoms with E-state index in [0.717, 1.165) is 11.1 Å². The van der Waals surface area contributed by atoms with Gasteiger partial charge in [-0.05, 0) is 31.5 Å². The number of ether oxygens (including phenoxy) is 2. The monoisotopic (exact) mass is 433 g/mol. The zero-order valence-corrected chi connectivity index (χ0v) is 17.4. The lowest BCUT2D eigenvalue weighted by molar-refractivity contribution is 0.120. The van der Waals surface area contributed by atoms with Crippen LogP contribution in [0.15, 0.2) is 24.4 Å². The maximum Gasteiger partial charge on any atom is 0.232 e. The predicted octanol–water partition coefficient (Wildman–Crippen LogP) is 4.78. The zero-order valence-electron chi connectivity index (χ0n) is 15.9. The third kappa shape index (κ3) is 3.71. The Balaban J connectivity index is 1.88. The van der Waals surface area contributed by atoms with Crippen LogP contribution < -0.4 is 9.47 Å². The average molecular weight is 434 g/mol. The second kappa shape index (κ2) is 7.70. The molecule has 0 saturated carbocycles. The fourth-order valence-electron chi connectivity index (χ4n) is 2.92. The van der Waals surface area contributed by atoms with Gasteiger partial charge in [-0.1, -0.05) is 11.6 Å². The Kier molecular flexibility index (Phi) is 5.24. The summed E-state index contributed by atoms with van der Waals surface area (Å²) in [6.45, 7) is 3.47. The van der Waals surface area contributed by atoms with Gasteiger partial charge in [0.05, 0.1) is 35.1 Å². The summed E-state index contributed by atoms with van der Waals surface area (Å²) < 4.78 is 25.8. The van der Waals surface area contributed by atoms with Crippen LogP contribution in [-0.4, -0.2) is 39.9 Å². The molecule has 0 bridgehead atoms. The van der Waals surface area contributed by atoms with E-state index in [9.17, 15) is 9.50 Å². The van der Waals surface area contributed by atoms with Crippen LogP contribution in [0.4, 0.5) is 4.39 Å². The standard InChI is InChI=1S/C20H17ClFN3O3S/c1-9-4-11(18-12(5-9)24-15(27-3)7-23-18)20-25-19-14(29-20)6-13(17(22)16(19)21)28-8-10(2)26/h4-7,10,26H,8H2,1-3H3. The number of hydrogen-bond acceptors (Lipinski definition) is 7. The fourth-order valence-corrected chi connectivity index (χ4v) is 4.24. The first kappa shape index (κ1) is 19.8. The number of aliphatic hydroxyl groups is 1. The molecule has 150 valence electrons.